The summed E-state index contributed by atoms with van der Waals surface area (Å²) in [5, 5.41) is 0.708. The van der Waals surface area contributed by atoms with Crippen molar-refractivity contribution in [1.82, 2.24) is 19.4 Å². The van der Waals surface area contributed by atoms with Crippen molar-refractivity contribution in [3.05, 3.63) is 70.9 Å². The van der Waals surface area contributed by atoms with Gasteiger partial charge in [0.15, 0.2) is 5.82 Å². The van der Waals surface area contributed by atoms with Crippen LogP contribution in [0, 0.1) is 0 Å². The number of amides is 1. The fraction of sp³-hybridized carbons (Fsp3) is 0.350. The lowest BCUT2D eigenvalue weighted by Crippen LogP contribution is -2.39. The van der Waals surface area contributed by atoms with Gasteiger partial charge in [0, 0.05) is 37.4 Å². The van der Waals surface area contributed by atoms with Crippen molar-refractivity contribution in [1.29, 1.82) is 0 Å². The molecule has 7 heteroatoms. The minimum atomic E-state index is -0.164. The maximum absolute atomic E-state index is 13.0. The first-order valence-electron chi connectivity index (χ1n) is 9.10. The number of oxazole rings is 1. The number of piperidine rings is 1. The van der Waals surface area contributed by atoms with Gasteiger partial charge < -0.3 is 13.9 Å². The van der Waals surface area contributed by atoms with Gasteiger partial charge in [0.2, 0.25) is 5.89 Å². The molecule has 0 unspecified atom stereocenters. The van der Waals surface area contributed by atoms with Crippen LogP contribution in [0.15, 0.2) is 47.3 Å². The number of likely N-dealkylation sites (tertiary alicyclic amines) is 1. The van der Waals surface area contributed by atoms with E-state index in [2.05, 4.69) is 9.97 Å². The van der Waals surface area contributed by atoms with Crippen molar-refractivity contribution in [3.63, 3.8) is 0 Å². The summed E-state index contributed by atoms with van der Waals surface area (Å²) in [6.07, 6.45) is 8.57. The average molecular weight is 385 g/mol. The molecule has 0 bridgehead atoms. The minimum absolute atomic E-state index is 0.0851. The fourth-order valence-corrected chi connectivity index (χ4v) is 3.72. The second-order valence-corrected chi connectivity index (χ2v) is 7.21. The van der Waals surface area contributed by atoms with E-state index in [1.165, 1.54) is 0 Å². The predicted molar refractivity (Wildman–Crippen MR) is 102 cm³/mol. The summed E-state index contributed by atoms with van der Waals surface area (Å²) >= 11 is 6.24. The Kier molecular flexibility index (Phi) is 4.99. The highest BCUT2D eigenvalue weighted by atomic mass is 35.5. The zero-order valence-corrected chi connectivity index (χ0v) is 15.9. The van der Waals surface area contributed by atoms with Crippen LogP contribution in [0.1, 0.15) is 53.1 Å². The van der Waals surface area contributed by atoms with Gasteiger partial charge in [-0.15, -0.1) is 0 Å². The van der Waals surface area contributed by atoms with Crippen LogP contribution in [-0.4, -0.2) is 31.9 Å². The smallest absolute Gasteiger partial charge is 0.290 e. The summed E-state index contributed by atoms with van der Waals surface area (Å²) in [5.41, 5.74) is 0.992. The lowest BCUT2D eigenvalue weighted by atomic mass is 10.0. The van der Waals surface area contributed by atoms with Gasteiger partial charge in [0.05, 0.1) is 6.20 Å². The van der Waals surface area contributed by atoms with E-state index >= 15 is 0 Å². The summed E-state index contributed by atoms with van der Waals surface area (Å²) < 4.78 is 7.76. The molecule has 6 nitrogen and oxygen atoms in total. The number of hydrogen-bond acceptors (Lipinski definition) is 4. The van der Waals surface area contributed by atoms with Crippen LogP contribution in [-0.2, 0) is 13.5 Å². The number of imidazole rings is 1. The Morgan fingerprint density at radius 3 is 2.93 bits per heavy atom. The Morgan fingerprint density at radius 1 is 1.30 bits per heavy atom. The molecule has 140 valence electrons. The summed E-state index contributed by atoms with van der Waals surface area (Å²) in [4.78, 5) is 23.5. The lowest BCUT2D eigenvalue weighted by molar-refractivity contribution is 0.0554. The molecule has 0 spiro atoms. The molecule has 4 rings (SSSR count). The van der Waals surface area contributed by atoms with Crippen LogP contribution in [0.5, 0.6) is 0 Å². The molecule has 1 saturated heterocycles. The summed E-state index contributed by atoms with van der Waals surface area (Å²) in [5.74, 6) is 1.68. The highest BCUT2D eigenvalue weighted by Gasteiger charge is 2.33. The van der Waals surface area contributed by atoms with Gasteiger partial charge >= 0.3 is 0 Å². The molecule has 3 heterocycles. The van der Waals surface area contributed by atoms with Gasteiger partial charge in [0.25, 0.3) is 5.91 Å². The molecule has 1 aliphatic heterocycles. The zero-order valence-electron chi connectivity index (χ0n) is 15.1. The molecule has 0 saturated carbocycles. The first kappa shape index (κ1) is 17.8. The largest absolute Gasteiger partial charge is 0.443 e. The molecular formula is C20H21ClN4O2. The van der Waals surface area contributed by atoms with Gasteiger partial charge in [-0.25, -0.2) is 9.97 Å². The molecule has 0 aliphatic carbocycles. The monoisotopic (exact) mass is 384 g/mol. The van der Waals surface area contributed by atoms with E-state index in [9.17, 15) is 4.79 Å². The van der Waals surface area contributed by atoms with Crippen molar-refractivity contribution in [3.8, 4) is 0 Å². The third-order valence-electron chi connectivity index (χ3n) is 4.96. The molecule has 1 fully saturated rings. The maximum Gasteiger partial charge on any atom is 0.290 e. The maximum atomic E-state index is 13.0. The zero-order chi connectivity index (χ0) is 18.8. The van der Waals surface area contributed by atoms with Crippen LogP contribution in [0.3, 0.4) is 0 Å². The summed E-state index contributed by atoms with van der Waals surface area (Å²) in [6, 6.07) is 7.53. The van der Waals surface area contributed by atoms with Gasteiger partial charge in [-0.05, 0) is 30.9 Å². The molecule has 2 aromatic heterocycles. The van der Waals surface area contributed by atoms with Crippen molar-refractivity contribution in [2.75, 3.05) is 6.54 Å². The van der Waals surface area contributed by atoms with E-state index in [-0.39, 0.29) is 11.9 Å². The van der Waals surface area contributed by atoms with Crippen LogP contribution in [0.2, 0.25) is 5.02 Å². The number of benzene rings is 1. The summed E-state index contributed by atoms with van der Waals surface area (Å²) in [6.45, 7) is 0.679. The van der Waals surface area contributed by atoms with Crippen molar-refractivity contribution < 1.29 is 9.21 Å². The number of halogens is 1. The number of carbonyl (C=O) groups is 1. The first-order chi connectivity index (χ1) is 13.1. The molecular weight excluding hydrogens is 364 g/mol. The quantitative estimate of drug-likeness (QED) is 0.681. The van der Waals surface area contributed by atoms with Crippen molar-refractivity contribution in [2.45, 2.75) is 31.7 Å². The minimum Gasteiger partial charge on any atom is -0.443 e. The van der Waals surface area contributed by atoms with Gasteiger partial charge in [-0.3, -0.25) is 4.79 Å². The van der Waals surface area contributed by atoms with Crippen molar-refractivity contribution in [2.24, 2.45) is 7.05 Å². The molecule has 0 N–H and O–H groups in total. The predicted octanol–water partition coefficient (Wildman–Crippen LogP) is 4.02. The lowest BCUT2D eigenvalue weighted by Gasteiger charge is -2.33. The number of aryl methyl sites for hydroxylation is 1. The SMILES string of the molecule is Cn1ccnc1C(=O)N1CCCC[C@H]1c1ncc(Cc2ccccc2Cl)o1. The third-order valence-corrected chi connectivity index (χ3v) is 5.32. The molecule has 3 aromatic rings. The van der Waals surface area contributed by atoms with Crippen LogP contribution in [0.4, 0.5) is 0 Å². The van der Waals surface area contributed by atoms with E-state index in [0.717, 1.165) is 30.6 Å². The van der Waals surface area contributed by atoms with E-state index < -0.39 is 0 Å². The van der Waals surface area contributed by atoms with Crippen LogP contribution in [0.25, 0.3) is 0 Å². The Hall–Kier alpha value is -2.60. The molecule has 1 aliphatic rings. The van der Waals surface area contributed by atoms with Crippen LogP contribution < -0.4 is 0 Å². The van der Waals surface area contributed by atoms with E-state index in [1.54, 1.807) is 23.2 Å². The van der Waals surface area contributed by atoms with E-state index in [0.29, 0.717) is 29.7 Å². The standard InChI is InChI=1S/C20H21ClN4O2/c1-24-11-9-22-18(24)20(26)25-10-5-4-8-17(25)19-23-13-15(27-19)12-14-6-2-3-7-16(14)21/h2-3,6-7,9,11,13,17H,4-5,8,10,12H2,1H3/t17-/m0/s1. The Morgan fingerprint density at radius 2 is 2.15 bits per heavy atom. The van der Waals surface area contributed by atoms with Crippen molar-refractivity contribution >= 4 is 17.5 Å². The van der Waals surface area contributed by atoms with Crippen LogP contribution >= 0.6 is 11.6 Å². The molecule has 1 amide bonds. The summed E-state index contributed by atoms with van der Waals surface area (Å²) in [7, 11) is 1.83. The average Bonchev–Trinajstić information content (AvgIpc) is 3.32. The van der Waals surface area contributed by atoms with Gasteiger partial charge in [0.1, 0.15) is 11.8 Å². The fourth-order valence-electron chi connectivity index (χ4n) is 3.52. The second kappa shape index (κ2) is 7.56. The number of nitrogens with zero attached hydrogens (tertiary/aromatic N) is 4. The molecule has 1 aromatic carbocycles. The Balaban J connectivity index is 1.56. The highest BCUT2D eigenvalue weighted by molar-refractivity contribution is 6.31. The molecule has 0 radical (unpaired) electrons. The first-order valence-corrected chi connectivity index (χ1v) is 9.47. The Labute approximate surface area is 162 Å². The highest BCUT2D eigenvalue weighted by Crippen LogP contribution is 2.32. The van der Waals surface area contributed by atoms with E-state index in [4.69, 9.17) is 16.0 Å². The number of hydrogen-bond donors (Lipinski definition) is 0. The molecule has 1 atom stereocenters. The topological polar surface area (TPSA) is 64.2 Å². The number of rotatable bonds is 4. The normalized spacial score (nSPS) is 17.3. The Bertz CT molecular complexity index is 949. The van der Waals surface area contributed by atoms with Gasteiger partial charge in [-0.1, -0.05) is 29.8 Å². The molecule has 27 heavy (non-hydrogen) atoms. The van der Waals surface area contributed by atoms with E-state index in [1.807, 2.05) is 36.2 Å². The van der Waals surface area contributed by atoms with Gasteiger partial charge in [-0.2, -0.15) is 0 Å². The third kappa shape index (κ3) is 3.62. The second-order valence-electron chi connectivity index (χ2n) is 6.80. The number of carbonyl (C=O) groups excluding carboxylic acids is 1. The number of aromatic nitrogens is 3.